The maximum atomic E-state index is 5.45. The van der Waals surface area contributed by atoms with Gasteiger partial charge in [-0.05, 0) is 6.07 Å². The van der Waals surface area contributed by atoms with Crippen molar-refractivity contribution in [3.63, 3.8) is 0 Å². The van der Waals surface area contributed by atoms with Gasteiger partial charge in [0.15, 0.2) is 0 Å². The number of hydrogen-bond acceptors (Lipinski definition) is 2. The second kappa shape index (κ2) is 4.10. The molecule has 0 aliphatic carbocycles. The van der Waals surface area contributed by atoms with E-state index in [1.54, 1.807) is 0 Å². The molecule has 0 fully saturated rings. The first-order valence-corrected chi connectivity index (χ1v) is 4.51. The third kappa shape index (κ3) is 2.10. The molecule has 1 heterocycles. The van der Waals surface area contributed by atoms with Crippen molar-refractivity contribution in [1.82, 2.24) is 0 Å². The minimum Gasteiger partial charge on any atom is -0.381 e. The lowest BCUT2D eigenvalue weighted by molar-refractivity contribution is 0.149. The van der Waals surface area contributed by atoms with Gasteiger partial charge < -0.3 is 10.1 Å². The van der Waals surface area contributed by atoms with E-state index in [4.69, 9.17) is 4.74 Å². The van der Waals surface area contributed by atoms with Crippen LogP contribution in [-0.2, 0) is 11.3 Å². The molecule has 0 unspecified atom stereocenters. The predicted octanol–water partition coefficient (Wildman–Crippen LogP) is 2.18. The fraction of sp³-hybridized carbons (Fsp3) is 0.273. The molecular weight excluding hydrogens is 162 g/mol. The zero-order valence-electron chi connectivity index (χ0n) is 7.49. The Morgan fingerprint density at radius 1 is 1.15 bits per heavy atom. The summed E-state index contributed by atoms with van der Waals surface area (Å²) in [5.74, 6) is 0. The van der Waals surface area contributed by atoms with Crippen LogP contribution in [0.25, 0.3) is 0 Å². The Morgan fingerprint density at radius 3 is 3.08 bits per heavy atom. The molecule has 0 saturated carbocycles. The summed E-state index contributed by atoms with van der Waals surface area (Å²) < 4.78 is 5.45. The first kappa shape index (κ1) is 8.32. The van der Waals surface area contributed by atoms with Crippen LogP contribution in [0.4, 0.5) is 5.69 Å². The Labute approximate surface area is 78.2 Å². The van der Waals surface area contributed by atoms with Crippen LogP contribution in [0, 0.1) is 0 Å². The van der Waals surface area contributed by atoms with Crippen molar-refractivity contribution < 1.29 is 4.74 Å². The van der Waals surface area contributed by atoms with Gasteiger partial charge in [-0.2, -0.15) is 0 Å². The van der Waals surface area contributed by atoms with Gasteiger partial charge in [-0.15, -0.1) is 0 Å². The lowest BCUT2D eigenvalue weighted by Crippen LogP contribution is -2.00. The highest BCUT2D eigenvalue weighted by Gasteiger charge is 2.00. The Morgan fingerprint density at radius 2 is 2.08 bits per heavy atom. The molecule has 1 aliphatic heterocycles. The van der Waals surface area contributed by atoms with Crippen LogP contribution in [0.5, 0.6) is 0 Å². The van der Waals surface area contributed by atoms with Crippen LogP contribution in [-0.4, -0.2) is 13.2 Å². The van der Waals surface area contributed by atoms with Gasteiger partial charge in [0.2, 0.25) is 0 Å². The van der Waals surface area contributed by atoms with Gasteiger partial charge in [0.05, 0.1) is 13.2 Å². The molecule has 0 radical (unpaired) electrons. The lowest BCUT2D eigenvalue weighted by Gasteiger charge is -2.08. The first-order valence-electron chi connectivity index (χ1n) is 4.51. The number of hydrogen-bond donors (Lipinski definition) is 1. The second-order valence-corrected chi connectivity index (χ2v) is 3.02. The molecule has 0 saturated heterocycles. The molecule has 0 amide bonds. The summed E-state index contributed by atoms with van der Waals surface area (Å²) in [6.45, 7) is 2.27. The van der Waals surface area contributed by atoms with E-state index in [0.29, 0.717) is 13.2 Å². The molecule has 2 nitrogen and oxygen atoms in total. The van der Waals surface area contributed by atoms with Crippen LogP contribution in [0.15, 0.2) is 36.4 Å². The number of rotatable bonds is 0. The highest BCUT2D eigenvalue weighted by atomic mass is 16.5. The standard InChI is InChI=1S/C11H13NO/c1-2-6-11-10(5-1)9-13-8-4-3-7-12-11/h1-6,12H,7-9H2/b4-3-. The van der Waals surface area contributed by atoms with E-state index in [1.807, 2.05) is 18.2 Å². The fourth-order valence-electron chi connectivity index (χ4n) is 1.38. The molecule has 0 aromatic heterocycles. The second-order valence-electron chi connectivity index (χ2n) is 3.02. The van der Waals surface area contributed by atoms with Gasteiger partial charge in [0.1, 0.15) is 0 Å². The van der Waals surface area contributed by atoms with E-state index >= 15 is 0 Å². The molecule has 1 aromatic rings. The number of nitrogens with one attached hydrogen (secondary N) is 1. The number of benzene rings is 1. The zero-order chi connectivity index (χ0) is 8.93. The van der Waals surface area contributed by atoms with Crippen molar-refractivity contribution >= 4 is 5.69 Å². The third-order valence-corrected chi connectivity index (χ3v) is 2.07. The molecule has 1 aromatic carbocycles. The van der Waals surface area contributed by atoms with Gasteiger partial charge in [0, 0.05) is 17.8 Å². The number of para-hydroxylation sites is 1. The predicted molar refractivity (Wildman–Crippen MR) is 53.7 cm³/mol. The molecule has 68 valence electrons. The normalized spacial score (nSPS) is 18.8. The summed E-state index contributed by atoms with van der Waals surface area (Å²) in [4.78, 5) is 0. The maximum absolute atomic E-state index is 5.45. The van der Waals surface area contributed by atoms with Crippen LogP contribution < -0.4 is 5.32 Å². The van der Waals surface area contributed by atoms with Crippen LogP contribution >= 0.6 is 0 Å². The van der Waals surface area contributed by atoms with Gasteiger partial charge in [-0.25, -0.2) is 0 Å². The molecule has 2 heteroatoms. The summed E-state index contributed by atoms with van der Waals surface area (Å²) in [6.07, 6.45) is 4.13. The van der Waals surface area contributed by atoms with E-state index in [-0.39, 0.29) is 0 Å². The van der Waals surface area contributed by atoms with Crippen molar-refractivity contribution in [2.75, 3.05) is 18.5 Å². The Kier molecular flexibility index (Phi) is 2.62. The third-order valence-electron chi connectivity index (χ3n) is 2.07. The largest absolute Gasteiger partial charge is 0.381 e. The topological polar surface area (TPSA) is 21.3 Å². The molecule has 0 atom stereocenters. The van der Waals surface area contributed by atoms with Crippen molar-refractivity contribution in [3.05, 3.63) is 42.0 Å². The first-order chi connectivity index (χ1) is 6.47. The van der Waals surface area contributed by atoms with Gasteiger partial charge in [-0.1, -0.05) is 30.4 Å². The van der Waals surface area contributed by atoms with E-state index in [2.05, 4.69) is 23.5 Å². The number of fused-ring (bicyclic) bond motifs is 1. The highest BCUT2D eigenvalue weighted by molar-refractivity contribution is 5.51. The Bertz CT molecular complexity index is 307. The summed E-state index contributed by atoms with van der Waals surface area (Å²) >= 11 is 0. The van der Waals surface area contributed by atoms with Crippen LogP contribution in [0.3, 0.4) is 0 Å². The minimum absolute atomic E-state index is 0.688. The van der Waals surface area contributed by atoms with E-state index < -0.39 is 0 Å². The van der Waals surface area contributed by atoms with Gasteiger partial charge in [-0.3, -0.25) is 0 Å². The SMILES string of the molecule is C1=C\COCc2ccccc2NC/1. The summed E-state index contributed by atoms with van der Waals surface area (Å²) in [5, 5.41) is 3.34. The lowest BCUT2D eigenvalue weighted by atomic mass is 10.2. The fourth-order valence-corrected chi connectivity index (χ4v) is 1.38. The van der Waals surface area contributed by atoms with Crippen LogP contribution in [0.2, 0.25) is 0 Å². The molecule has 0 bridgehead atoms. The molecule has 0 spiro atoms. The monoisotopic (exact) mass is 175 g/mol. The molecule has 1 aliphatic rings. The summed E-state index contributed by atoms with van der Waals surface area (Å²) in [7, 11) is 0. The number of ether oxygens (including phenoxy) is 1. The van der Waals surface area contributed by atoms with Gasteiger partial charge >= 0.3 is 0 Å². The smallest absolute Gasteiger partial charge is 0.0741 e. The van der Waals surface area contributed by atoms with E-state index in [1.165, 1.54) is 11.3 Å². The average molecular weight is 175 g/mol. The van der Waals surface area contributed by atoms with Crippen molar-refractivity contribution in [1.29, 1.82) is 0 Å². The summed E-state index contributed by atoms with van der Waals surface area (Å²) in [5.41, 5.74) is 2.40. The van der Waals surface area contributed by atoms with Crippen LogP contribution in [0.1, 0.15) is 5.56 Å². The van der Waals surface area contributed by atoms with E-state index in [9.17, 15) is 0 Å². The van der Waals surface area contributed by atoms with Gasteiger partial charge in [0.25, 0.3) is 0 Å². The Hall–Kier alpha value is -1.28. The molecule has 2 rings (SSSR count). The minimum atomic E-state index is 0.688. The van der Waals surface area contributed by atoms with Crippen molar-refractivity contribution in [2.45, 2.75) is 6.61 Å². The zero-order valence-corrected chi connectivity index (χ0v) is 7.49. The van der Waals surface area contributed by atoms with E-state index in [0.717, 1.165) is 6.54 Å². The highest BCUT2D eigenvalue weighted by Crippen LogP contribution is 2.16. The van der Waals surface area contributed by atoms with Crippen molar-refractivity contribution in [2.24, 2.45) is 0 Å². The summed E-state index contributed by atoms with van der Waals surface area (Å²) in [6, 6.07) is 8.24. The quantitative estimate of drug-likeness (QED) is 0.610. The van der Waals surface area contributed by atoms with Crippen molar-refractivity contribution in [3.8, 4) is 0 Å². The molecular formula is C11H13NO. The number of anilines is 1. The Balaban J connectivity index is 2.22. The molecule has 1 N–H and O–H groups in total. The average Bonchev–Trinajstić information content (AvgIpc) is 2.28. The maximum Gasteiger partial charge on any atom is 0.0741 e. The molecule has 13 heavy (non-hydrogen) atoms.